The second-order valence-electron chi connectivity index (χ2n) is 3.96. The molecule has 0 fully saturated rings. The van der Waals surface area contributed by atoms with Crippen molar-refractivity contribution in [2.75, 3.05) is 11.9 Å². The second-order valence-corrected chi connectivity index (χ2v) is 4.68. The van der Waals surface area contributed by atoms with E-state index in [1.54, 1.807) is 16.8 Å². The summed E-state index contributed by atoms with van der Waals surface area (Å²) in [5.74, 6) is 0.850. The highest BCUT2D eigenvalue weighted by Crippen LogP contribution is 2.11. The van der Waals surface area contributed by atoms with Crippen molar-refractivity contribution in [1.29, 1.82) is 0 Å². The van der Waals surface area contributed by atoms with Crippen molar-refractivity contribution in [3.63, 3.8) is 0 Å². The number of hydrogen-bond donors (Lipinski definition) is 1. The molecule has 1 rings (SSSR count). The molecule has 96 valence electrons. The Morgan fingerprint density at radius 3 is 3.06 bits per heavy atom. The van der Waals surface area contributed by atoms with Gasteiger partial charge in [-0.1, -0.05) is 26.2 Å². The quantitative estimate of drug-likeness (QED) is 0.516. The number of unbranched alkanes of at least 4 members (excludes halogenated alkanes) is 3. The first-order valence-corrected chi connectivity index (χ1v) is 7.02. The van der Waals surface area contributed by atoms with Crippen molar-refractivity contribution >= 4 is 23.6 Å². The second kappa shape index (κ2) is 8.98. The van der Waals surface area contributed by atoms with Gasteiger partial charge in [0, 0.05) is 5.38 Å². The minimum atomic E-state index is -0.0499. The number of ether oxygens (including phenoxy) is 1. The molecule has 0 radical (unpaired) electrons. The number of rotatable bonds is 10. The van der Waals surface area contributed by atoms with Crippen LogP contribution in [-0.2, 0) is 9.53 Å². The van der Waals surface area contributed by atoms with E-state index in [2.05, 4.69) is 17.2 Å². The molecule has 17 heavy (non-hydrogen) atoms. The molecule has 1 atom stereocenters. The number of nitrogens with one attached hydrogen (secondary N) is 1. The van der Waals surface area contributed by atoms with Gasteiger partial charge >= 0.3 is 0 Å². The smallest absolute Gasteiger partial charge is 0.293 e. The van der Waals surface area contributed by atoms with Gasteiger partial charge in [0.25, 0.3) is 6.47 Å². The summed E-state index contributed by atoms with van der Waals surface area (Å²) in [7, 11) is 0. The van der Waals surface area contributed by atoms with Gasteiger partial charge in [0.2, 0.25) is 0 Å². The number of hydrogen-bond acceptors (Lipinski definition) is 5. The van der Waals surface area contributed by atoms with Crippen LogP contribution in [-0.4, -0.2) is 24.1 Å². The highest BCUT2D eigenvalue weighted by Gasteiger charge is 2.09. The van der Waals surface area contributed by atoms with Gasteiger partial charge in [-0.3, -0.25) is 4.79 Å². The number of carbonyl (C=O) groups excluding carboxylic acids is 1. The van der Waals surface area contributed by atoms with E-state index in [9.17, 15) is 4.79 Å². The first-order chi connectivity index (χ1) is 8.36. The van der Waals surface area contributed by atoms with E-state index in [-0.39, 0.29) is 6.10 Å². The van der Waals surface area contributed by atoms with Crippen LogP contribution >= 0.6 is 11.3 Å². The van der Waals surface area contributed by atoms with Gasteiger partial charge in [-0.25, -0.2) is 4.98 Å². The van der Waals surface area contributed by atoms with Crippen LogP contribution in [0.5, 0.6) is 0 Å². The molecular weight excluding hydrogens is 236 g/mol. The number of nitrogens with zero attached hydrogens (tertiary/aromatic N) is 1. The largest absolute Gasteiger partial charge is 0.463 e. The molecule has 0 saturated carbocycles. The average Bonchev–Trinajstić information content (AvgIpc) is 2.84. The van der Waals surface area contributed by atoms with Gasteiger partial charge in [0.1, 0.15) is 11.9 Å². The van der Waals surface area contributed by atoms with Crippen molar-refractivity contribution in [3.05, 3.63) is 10.9 Å². The maximum atomic E-state index is 10.4. The van der Waals surface area contributed by atoms with Crippen molar-refractivity contribution in [1.82, 2.24) is 4.98 Å². The van der Waals surface area contributed by atoms with Crippen LogP contribution in [0.15, 0.2) is 10.9 Å². The Balaban J connectivity index is 2.20. The molecule has 5 heteroatoms. The summed E-state index contributed by atoms with van der Waals surface area (Å²) in [6.45, 7) is 3.35. The summed E-state index contributed by atoms with van der Waals surface area (Å²) in [5.41, 5.74) is 1.78. The lowest BCUT2D eigenvalue weighted by atomic mass is 10.1. The fourth-order valence-electron chi connectivity index (χ4n) is 1.61. The first kappa shape index (κ1) is 14.0. The number of anilines is 1. The van der Waals surface area contributed by atoms with Crippen molar-refractivity contribution in [2.45, 2.75) is 45.1 Å². The summed E-state index contributed by atoms with van der Waals surface area (Å²) in [5, 5.41) is 5.11. The van der Waals surface area contributed by atoms with E-state index in [0.29, 0.717) is 13.0 Å². The summed E-state index contributed by atoms with van der Waals surface area (Å²) in [6.07, 6.45) is 5.63. The van der Waals surface area contributed by atoms with E-state index in [1.807, 2.05) is 5.38 Å². The normalized spacial score (nSPS) is 12.1. The highest BCUT2D eigenvalue weighted by atomic mass is 32.1. The molecule has 1 aromatic rings. The Morgan fingerprint density at radius 1 is 1.53 bits per heavy atom. The zero-order chi connectivity index (χ0) is 12.3. The zero-order valence-corrected chi connectivity index (χ0v) is 11.0. The zero-order valence-electron chi connectivity index (χ0n) is 10.2. The summed E-state index contributed by atoms with van der Waals surface area (Å²) < 4.78 is 5.05. The van der Waals surface area contributed by atoms with Crippen LogP contribution < -0.4 is 5.32 Å². The maximum absolute atomic E-state index is 10.4. The van der Waals surface area contributed by atoms with Crippen molar-refractivity contribution < 1.29 is 9.53 Å². The molecule has 0 bridgehead atoms. The number of thiazole rings is 1. The van der Waals surface area contributed by atoms with Crippen LogP contribution in [0.3, 0.4) is 0 Å². The first-order valence-electron chi connectivity index (χ1n) is 6.08. The Kier molecular flexibility index (Phi) is 7.38. The lowest BCUT2D eigenvalue weighted by Gasteiger charge is -2.15. The van der Waals surface area contributed by atoms with Gasteiger partial charge in [-0.05, 0) is 12.8 Å². The standard InChI is InChI=1S/C12H20N2O2S/c1-2-3-4-5-6-11(16-10-15)7-13-12-8-17-9-14-12/h8-11,13H,2-7H2,1H3. The molecule has 0 saturated heterocycles. The fraction of sp³-hybridized carbons (Fsp3) is 0.667. The molecule has 0 spiro atoms. The van der Waals surface area contributed by atoms with E-state index in [1.165, 1.54) is 19.3 Å². The third kappa shape index (κ3) is 6.26. The number of aromatic nitrogens is 1. The average molecular weight is 256 g/mol. The predicted octanol–water partition coefficient (Wildman–Crippen LogP) is 3.07. The molecule has 0 aliphatic rings. The third-order valence-electron chi connectivity index (χ3n) is 2.57. The number of carbonyl (C=O) groups is 1. The van der Waals surface area contributed by atoms with Crippen LogP contribution in [0.1, 0.15) is 39.0 Å². The Hall–Kier alpha value is -1.10. The van der Waals surface area contributed by atoms with Crippen LogP contribution in [0, 0.1) is 0 Å². The Morgan fingerprint density at radius 2 is 2.41 bits per heavy atom. The molecule has 1 aromatic heterocycles. The molecule has 0 aliphatic heterocycles. The highest BCUT2D eigenvalue weighted by molar-refractivity contribution is 7.07. The lowest BCUT2D eigenvalue weighted by Crippen LogP contribution is -2.23. The van der Waals surface area contributed by atoms with E-state index >= 15 is 0 Å². The SMILES string of the molecule is CCCCCCC(CNc1cscn1)OC=O. The molecule has 4 nitrogen and oxygen atoms in total. The molecule has 0 amide bonds. The van der Waals surface area contributed by atoms with Gasteiger partial charge in [0.15, 0.2) is 0 Å². The fourth-order valence-corrected chi connectivity index (χ4v) is 2.12. The maximum Gasteiger partial charge on any atom is 0.293 e. The predicted molar refractivity (Wildman–Crippen MR) is 70.3 cm³/mol. The van der Waals surface area contributed by atoms with E-state index < -0.39 is 0 Å². The van der Waals surface area contributed by atoms with Crippen LogP contribution in [0.4, 0.5) is 5.82 Å². The summed E-state index contributed by atoms with van der Waals surface area (Å²) >= 11 is 1.55. The molecule has 1 heterocycles. The van der Waals surface area contributed by atoms with Gasteiger partial charge in [-0.15, -0.1) is 11.3 Å². The molecule has 1 N–H and O–H groups in total. The minimum absolute atomic E-state index is 0.0499. The van der Waals surface area contributed by atoms with Gasteiger partial charge in [0.05, 0.1) is 12.1 Å². The third-order valence-corrected chi connectivity index (χ3v) is 3.16. The molecule has 0 aromatic carbocycles. The Bertz CT molecular complexity index is 291. The molecule has 1 unspecified atom stereocenters. The molecular formula is C12H20N2O2S. The summed E-state index contributed by atoms with van der Waals surface area (Å²) in [4.78, 5) is 14.5. The summed E-state index contributed by atoms with van der Waals surface area (Å²) in [6, 6.07) is 0. The van der Waals surface area contributed by atoms with Gasteiger partial charge < -0.3 is 10.1 Å². The monoisotopic (exact) mass is 256 g/mol. The minimum Gasteiger partial charge on any atom is -0.463 e. The van der Waals surface area contributed by atoms with Crippen molar-refractivity contribution in [3.8, 4) is 0 Å². The van der Waals surface area contributed by atoms with E-state index in [4.69, 9.17) is 4.74 Å². The topological polar surface area (TPSA) is 51.2 Å². The lowest BCUT2D eigenvalue weighted by molar-refractivity contribution is -0.133. The van der Waals surface area contributed by atoms with Crippen molar-refractivity contribution in [2.24, 2.45) is 0 Å². The molecule has 0 aliphatic carbocycles. The van der Waals surface area contributed by atoms with Crippen LogP contribution in [0.25, 0.3) is 0 Å². The van der Waals surface area contributed by atoms with Crippen LogP contribution in [0.2, 0.25) is 0 Å². The Labute approximate surface area is 106 Å². The van der Waals surface area contributed by atoms with Gasteiger partial charge in [-0.2, -0.15) is 0 Å². The van der Waals surface area contributed by atoms with E-state index in [0.717, 1.165) is 18.7 Å².